The van der Waals surface area contributed by atoms with Crippen molar-refractivity contribution >= 4 is 17.3 Å². The van der Waals surface area contributed by atoms with Crippen molar-refractivity contribution in [1.29, 1.82) is 0 Å². The SMILES string of the molecule is C=CC(=O)Nc1cccc(-c2cc3c(cn2)CN(c2c(F)c(OC)nc(OC)c2F)CC32CC2)c1. The fraction of sp³-hybridized carbons (Fsp3) is 0.269. The highest BCUT2D eigenvalue weighted by Crippen LogP contribution is 2.54. The summed E-state index contributed by atoms with van der Waals surface area (Å²) in [7, 11) is 2.56. The summed E-state index contributed by atoms with van der Waals surface area (Å²) in [5, 5.41) is 2.76. The van der Waals surface area contributed by atoms with E-state index in [-0.39, 0.29) is 35.3 Å². The smallest absolute Gasteiger partial charge is 0.255 e. The molecule has 1 saturated carbocycles. The topological polar surface area (TPSA) is 76.6 Å². The van der Waals surface area contributed by atoms with Gasteiger partial charge in [-0.25, -0.2) is 0 Å². The van der Waals surface area contributed by atoms with Gasteiger partial charge >= 0.3 is 0 Å². The molecule has 7 nitrogen and oxygen atoms in total. The second kappa shape index (κ2) is 8.65. The minimum absolute atomic E-state index is 0.208. The van der Waals surface area contributed by atoms with Crippen LogP contribution in [0.2, 0.25) is 0 Å². The number of carbonyl (C=O) groups excluding carboxylic acids is 1. The molecule has 1 N–H and O–H groups in total. The number of fused-ring (bicyclic) bond motifs is 2. The number of methoxy groups -OCH3 is 2. The summed E-state index contributed by atoms with van der Waals surface area (Å²) in [5.74, 6) is -2.63. The number of pyridine rings is 2. The van der Waals surface area contributed by atoms with Gasteiger partial charge in [-0.15, -0.1) is 0 Å². The Kier molecular flexibility index (Phi) is 5.62. The summed E-state index contributed by atoms with van der Waals surface area (Å²) in [6.45, 7) is 4.20. The Hall–Kier alpha value is -4.01. The molecule has 1 aromatic carbocycles. The van der Waals surface area contributed by atoms with Crippen molar-refractivity contribution in [2.24, 2.45) is 0 Å². The number of aromatic nitrogens is 2. The Morgan fingerprint density at radius 2 is 1.89 bits per heavy atom. The molecule has 2 aromatic heterocycles. The van der Waals surface area contributed by atoms with E-state index in [0.29, 0.717) is 12.2 Å². The van der Waals surface area contributed by atoms with Crippen LogP contribution in [0, 0.1) is 11.6 Å². The number of ether oxygens (including phenoxy) is 2. The monoisotopic (exact) mass is 478 g/mol. The van der Waals surface area contributed by atoms with Gasteiger partial charge in [0.15, 0.2) is 0 Å². The Morgan fingerprint density at radius 3 is 2.51 bits per heavy atom. The van der Waals surface area contributed by atoms with E-state index in [1.54, 1.807) is 17.2 Å². The van der Waals surface area contributed by atoms with Crippen molar-refractivity contribution in [3.05, 3.63) is 71.9 Å². The number of nitrogens with zero attached hydrogens (tertiary/aromatic N) is 3. The van der Waals surface area contributed by atoms with Crippen molar-refractivity contribution in [1.82, 2.24) is 9.97 Å². The number of halogens is 2. The molecular formula is C26H24F2N4O3. The summed E-state index contributed by atoms with van der Waals surface area (Å²) in [6, 6.07) is 9.47. The van der Waals surface area contributed by atoms with Crippen LogP contribution in [-0.4, -0.2) is 36.6 Å². The molecule has 0 atom stereocenters. The van der Waals surface area contributed by atoms with Gasteiger partial charge in [-0.2, -0.15) is 13.8 Å². The van der Waals surface area contributed by atoms with Gasteiger partial charge in [0.2, 0.25) is 17.5 Å². The van der Waals surface area contributed by atoms with Gasteiger partial charge in [-0.1, -0.05) is 18.7 Å². The third-order valence-electron chi connectivity index (χ3n) is 6.57. The van der Waals surface area contributed by atoms with Gasteiger partial charge in [-0.05, 0) is 48.2 Å². The zero-order valence-electron chi connectivity index (χ0n) is 19.4. The highest BCUT2D eigenvalue weighted by molar-refractivity contribution is 5.99. The Balaban J connectivity index is 1.51. The maximum Gasteiger partial charge on any atom is 0.255 e. The Bertz CT molecular complexity index is 1310. The van der Waals surface area contributed by atoms with Crippen molar-refractivity contribution in [2.45, 2.75) is 24.8 Å². The number of anilines is 2. The molecule has 3 aromatic rings. The number of nitrogens with one attached hydrogen (secondary N) is 1. The Morgan fingerprint density at radius 1 is 1.17 bits per heavy atom. The van der Waals surface area contributed by atoms with Gasteiger partial charge in [0.05, 0.1) is 19.9 Å². The lowest BCUT2D eigenvalue weighted by Crippen LogP contribution is -2.39. The van der Waals surface area contributed by atoms with E-state index in [9.17, 15) is 4.79 Å². The number of benzene rings is 1. The molecule has 1 aliphatic heterocycles. The summed E-state index contributed by atoms with van der Waals surface area (Å²) >= 11 is 0. The van der Waals surface area contributed by atoms with Crippen molar-refractivity contribution in [2.75, 3.05) is 31.0 Å². The summed E-state index contributed by atoms with van der Waals surface area (Å²) < 4.78 is 40.3. The predicted octanol–water partition coefficient (Wildman–Crippen LogP) is 4.62. The molecule has 1 aliphatic carbocycles. The molecule has 3 heterocycles. The van der Waals surface area contributed by atoms with E-state index in [1.165, 1.54) is 20.3 Å². The van der Waals surface area contributed by atoms with E-state index < -0.39 is 11.6 Å². The first-order valence-electron chi connectivity index (χ1n) is 11.1. The van der Waals surface area contributed by atoms with E-state index in [1.807, 2.05) is 18.2 Å². The first-order chi connectivity index (χ1) is 16.9. The van der Waals surface area contributed by atoms with Crippen LogP contribution in [0.5, 0.6) is 11.8 Å². The molecule has 1 amide bonds. The minimum Gasteiger partial charge on any atom is -0.479 e. The quantitative estimate of drug-likeness (QED) is 0.522. The predicted molar refractivity (Wildman–Crippen MR) is 128 cm³/mol. The summed E-state index contributed by atoms with van der Waals surface area (Å²) in [5.41, 5.74) is 3.88. The fourth-order valence-electron chi connectivity index (χ4n) is 4.70. The maximum absolute atomic E-state index is 15.1. The number of rotatable bonds is 6. The standard InChI is InChI=1S/C26H24F2N4O3/c1-4-20(33)30-17-7-5-6-15(10-17)19-11-18-16(12-29-19)13-32(14-26(18)8-9-26)23-21(27)24(34-2)31-25(35-3)22(23)28/h4-7,10-12H,1,8-9,13-14H2,2-3H3,(H,30,33). The molecule has 5 rings (SSSR count). The van der Waals surface area contributed by atoms with Crippen LogP contribution >= 0.6 is 0 Å². The van der Waals surface area contributed by atoms with Gasteiger partial charge in [0.1, 0.15) is 5.69 Å². The molecule has 9 heteroatoms. The van der Waals surface area contributed by atoms with Crippen LogP contribution in [0.1, 0.15) is 24.0 Å². The zero-order valence-corrected chi connectivity index (χ0v) is 19.4. The lowest BCUT2D eigenvalue weighted by atomic mass is 9.86. The second-order valence-electron chi connectivity index (χ2n) is 8.74. The number of amides is 1. The average molecular weight is 478 g/mol. The van der Waals surface area contributed by atoms with Crippen LogP contribution in [0.15, 0.2) is 49.2 Å². The van der Waals surface area contributed by atoms with E-state index >= 15 is 8.78 Å². The van der Waals surface area contributed by atoms with Gasteiger partial charge in [0.25, 0.3) is 11.8 Å². The highest BCUT2D eigenvalue weighted by atomic mass is 19.1. The number of hydrogen-bond donors (Lipinski definition) is 1. The van der Waals surface area contributed by atoms with Gasteiger partial charge in [-0.3, -0.25) is 9.78 Å². The zero-order chi connectivity index (χ0) is 24.7. The van der Waals surface area contributed by atoms with Crippen LogP contribution in [0.3, 0.4) is 0 Å². The van der Waals surface area contributed by atoms with Crippen molar-refractivity contribution in [3.63, 3.8) is 0 Å². The van der Waals surface area contributed by atoms with Crippen molar-refractivity contribution < 1.29 is 23.0 Å². The molecule has 2 aliphatic rings. The van der Waals surface area contributed by atoms with E-state index in [4.69, 9.17) is 9.47 Å². The molecule has 180 valence electrons. The number of hydrogen-bond acceptors (Lipinski definition) is 6. The Labute approximate surface area is 201 Å². The molecule has 0 bridgehead atoms. The largest absolute Gasteiger partial charge is 0.479 e. The second-order valence-corrected chi connectivity index (χ2v) is 8.74. The third kappa shape index (κ3) is 3.96. The molecule has 1 spiro atoms. The van der Waals surface area contributed by atoms with E-state index in [0.717, 1.165) is 35.2 Å². The first kappa shape index (κ1) is 22.8. The lowest BCUT2D eigenvalue weighted by Gasteiger charge is -2.37. The van der Waals surface area contributed by atoms with Crippen LogP contribution in [-0.2, 0) is 16.8 Å². The van der Waals surface area contributed by atoms with Gasteiger partial charge < -0.3 is 19.7 Å². The van der Waals surface area contributed by atoms with Gasteiger partial charge in [0, 0.05) is 36.0 Å². The van der Waals surface area contributed by atoms with Crippen molar-refractivity contribution in [3.8, 4) is 23.0 Å². The molecule has 0 unspecified atom stereocenters. The highest BCUT2D eigenvalue weighted by Gasteiger charge is 2.50. The fourth-order valence-corrected chi connectivity index (χ4v) is 4.70. The molecule has 35 heavy (non-hydrogen) atoms. The molecular weight excluding hydrogens is 454 g/mol. The van der Waals surface area contributed by atoms with Crippen LogP contribution < -0.4 is 19.7 Å². The molecule has 0 radical (unpaired) electrons. The summed E-state index contributed by atoms with van der Waals surface area (Å²) in [6.07, 6.45) is 4.78. The molecule has 0 saturated heterocycles. The molecule has 1 fully saturated rings. The first-order valence-corrected chi connectivity index (χ1v) is 11.1. The van der Waals surface area contributed by atoms with E-state index in [2.05, 4.69) is 27.9 Å². The van der Waals surface area contributed by atoms with Crippen LogP contribution in [0.4, 0.5) is 20.2 Å². The third-order valence-corrected chi connectivity index (χ3v) is 6.57. The van der Waals surface area contributed by atoms with Crippen LogP contribution in [0.25, 0.3) is 11.3 Å². The lowest BCUT2D eigenvalue weighted by molar-refractivity contribution is -0.111. The average Bonchev–Trinajstić information content (AvgIpc) is 3.64. The summed E-state index contributed by atoms with van der Waals surface area (Å²) in [4.78, 5) is 21.7. The number of carbonyl (C=O) groups is 1. The minimum atomic E-state index is -0.854. The maximum atomic E-state index is 15.1. The normalized spacial score (nSPS) is 15.4.